The molecule has 0 spiro atoms. The van der Waals surface area contributed by atoms with Crippen LogP contribution < -0.4 is 4.90 Å². The number of nitrogens with zero attached hydrogens (tertiary/aromatic N) is 7. The number of hydrogen-bond donors (Lipinski definition) is 0. The zero-order valence-electron chi connectivity index (χ0n) is 13.0. The molecular weight excluding hydrogens is 330 g/mol. The van der Waals surface area contributed by atoms with Gasteiger partial charge in [-0.1, -0.05) is 18.3 Å². The fraction of sp³-hybridized carbons (Fsp3) is 0.429. The van der Waals surface area contributed by atoms with Crippen molar-refractivity contribution in [3.8, 4) is 10.7 Å². The Morgan fingerprint density at radius 3 is 2.74 bits per heavy atom. The van der Waals surface area contributed by atoms with Crippen LogP contribution >= 0.6 is 22.7 Å². The lowest BCUT2D eigenvalue weighted by Gasteiger charge is -2.22. The molecule has 0 saturated heterocycles. The molecule has 120 valence electrons. The van der Waals surface area contributed by atoms with Crippen molar-refractivity contribution in [1.82, 2.24) is 30.4 Å². The van der Waals surface area contributed by atoms with E-state index in [0.717, 1.165) is 52.5 Å². The standard InChI is InChI=1S/C14H17N7S2/c1-3-5-21(6-4-13-19-18-10(2)23-13)12-8-15-7-11(17-12)14-20-16-9-22-14/h7-9H,3-6H2,1-2H3. The van der Waals surface area contributed by atoms with E-state index in [1.807, 2.05) is 6.92 Å². The average Bonchev–Trinajstić information content (AvgIpc) is 3.23. The summed E-state index contributed by atoms with van der Waals surface area (Å²) in [5.41, 5.74) is 2.46. The second kappa shape index (κ2) is 7.51. The first-order chi connectivity index (χ1) is 11.3. The highest BCUT2D eigenvalue weighted by Crippen LogP contribution is 2.21. The summed E-state index contributed by atoms with van der Waals surface area (Å²) in [6.45, 7) is 5.90. The first-order valence-electron chi connectivity index (χ1n) is 7.38. The molecular formula is C14H17N7S2. The summed E-state index contributed by atoms with van der Waals surface area (Å²) < 4.78 is 0. The van der Waals surface area contributed by atoms with E-state index in [1.54, 1.807) is 29.2 Å². The first kappa shape index (κ1) is 15.9. The van der Waals surface area contributed by atoms with Crippen molar-refractivity contribution in [2.75, 3.05) is 18.0 Å². The maximum Gasteiger partial charge on any atom is 0.167 e. The molecule has 0 aliphatic rings. The summed E-state index contributed by atoms with van der Waals surface area (Å²) in [6.07, 6.45) is 5.42. The topological polar surface area (TPSA) is 80.6 Å². The first-order valence-corrected chi connectivity index (χ1v) is 9.08. The third-order valence-electron chi connectivity index (χ3n) is 3.18. The zero-order chi connectivity index (χ0) is 16.1. The molecule has 0 amide bonds. The Bertz CT molecular complexity index is 741. The predicted octanol–water partition coefficient (Wildman–Crippen LogP) is 2.61. The van der Waals surface area contributed by atoms with Crippen molar-refractivity contribution in [3.05, 3.63) is 27.9 Å². The second-order valence-electron chi connectivity index (χ2n) is 4.96. The summed E-state index contributed by atoms with van der Waals surface area (Å²) >= 11 is 3.11. The number of anilines is 1. The molecule has 0 unspecified atom stereocenters. The minimum atomic E-state index is 0.762. The Labute approximate surface area is 142 Å². The van der Waals surface area contributed by atoms with Crippen LogP contribution in [-0.2, 0) is 6.42 Å². The maximum atomic E-state index is 4.69. The summed E-state index contributed by atoms with van der Waals surface area (Å²) in [5, 5.41) is 19.0. The van der Waals surface area contributed by atoms with Crippen LogP contribution in [0.25, 0.3) is 10.7 Å². The molecule has 0 N–H and O–H groups in total. The average molecular weight is 347 g/mol. The molecule has 23 heavy (non-hydrogen) atoms. The molecule has 3 rings (SSSR count). The molecule has 0 radical (unpaired) electrons. The van der Waals surface area contributed by atoms with Gasteiger partial charge in [0.05, 0.1) is 12.4 Å². The predicted molar refractivity (Wildman–Crippen MR) is 91.8 cm³/mol. The van der Waals surface area contributed by atoms with Gasteiger partial charge >= 0.3 is 0 Å². The van der Waals surface area contributed by atoms with Crippen LogP contribution in [0.4, 0.5) is 5.82 Å². The van der Waals surface area contributed by atoms with E-state index in [1.165, 1.54) is 11.3 Å². The van der Waals surface area contributed by atoms with Crippen LogP contribution in [0.1, 0.15) is 23.4 Å². The minimum Gasteiger partial charge on any atom is -0.355 e. The van der Waals surface area contributed by atoms with Crippen molar-refractivity contribution in [3.63, 3.8) is 0 Å². The van der Waals surface area contributed by atoms with Gasteiger partial charge in [0, 0.05) is 19.5 Å². The number of rotatable bonds is 7. The molecule has 0 saturated carbocycles. The maximum absolute atomic E-state index is 4.69. The summed E-state index contributed by atoms with van der Waals surface area (Å²) in [4.78, 5) is 11.2. The number of hydrogen-bond acceptors (Lipinski definition) is 9. The van der Waals surface area contributed by atoms with E-state index in [2.05, 4.69) is 37.2 Å². The highest BCUT2D eigenvalue weighted by atomic mass is 32.1. The van der Waals surface area contributed by atoms with Gasteiger partial charge in [-0.15, -0.1) is 31.7 Å². The van der Waals surface area contributed by atoms with Gasteiger partial charge in [-0.3, -0.25) is 4.98 Å². The Morgan fingerprint density at radius 2 is 2.04 bits per heavy atom. The van der Waals surface area contributed by atoms with Crippen molar-refractivity contribution < 1.29 is 0 Å². The van der Waals surface area contributed by atoms with Crippen LogP contribution in [0, 0.1) is 6.92 Å². The van der Waals surface area contributed by atoms with Crippen molar-refractivity contribution >= 4 is 28.5 Å². The van der Waals surface area contributed by atoms with Gasteiger partial charge in [-0.2, -0.15) is 0 Å². The van der Waals surface area contributed by atoms with E-state index >= 15 is 0 Å². The lowest BCUT2D eigenvalue weighted by atomic mass is 10.3. The van der Waals surface area contributed by atoms with Gasteiger partial charge in [0.1, 0.15) is 27.0 Å². The molecule has 3 heterocycles. The van der Waals surface area contributed by atoms with Gasteiger partial charge in [0.2, 0.25) is 0 Å². The SMILES string of the molecule is CCCN(CCc1nnc(C)s1)c1cncc(-c2nncs2)n1. The fourth-order valence-electron chi connectivity index (χ4n) is 2.18. The monoisotopic (exact) mass is 347 g/mol. The van der Waals surface area contributed by atoms with Crippen LogP contribution in [-0.4, -0.2) is 43.5 Å². The zero-order valence-corrected chi connectivity index (χ0v) is 14.6. The minimum absolute atomic E-state index is 0.762. The van der Waals surface area contributed by atoms with Gasteiger partial charge < -0.3 is 4.90 Å². The Morgan fingerprint density at radius 1 is 1.13 bits per heavy atom. The van der Waals surface area contributed by atoms with E-state index in [9.17, 15) is 0 Å². The van der Waals surface area contributed by atoms with E-state index < -0.39 is 0 Å². The largest absolute Gasteiger partial charge is 0.355 e. The second-order valence-corrected chi connectivity index (χ2v) is 7.06. The highest BCUT2D eigenvalue weighted by Gasteiger charge is 2.12. The van der Waals surface area contributed by atoms with Crippen LogP contribution in [0.2, 0.25) is 0 Å². The fourth-order valence-corrected chi connectivity index (χ4v) is 3.38. The van der Waals surface area contributed by atoms with E-state index in [-0.39, 0.29) is 0 Å². The number of aryl methyl sites for hydroxylation is 1. The normalized spacial score (nSPS) is 10.9. The summed E-state index contributed by atoms with van der Waals surface area (Å²) in [7, 11) is 0. The van der Waals surface area contributed by atoms with Gasteiger partial charge in [0.15, 0.2) is 5.01 Å². The molecule has 0 aliphatic carbocycles. The number of aromatic nitrogens is 6. The van der Waals surface area contributed by atoms with Gasteiger partial charge in [0.25, 0.3) is 0 Å². The molecule has 9 heteroatoms. The smallest absolute Gasteiger partial charge is 0.167 e. The Kier molecular flexibility index (Phi) is 5.19. The molecule has 0 bridgehead atoms. The molecule has 0 aromatic carbocycles. The molecule has 0 atom stereocenters. The van der Waals surface area contributed by atoms with Gasteiger partial charge in [-0.25, -0.2) is 4.98 Å². The van der Waals surface area contributed by atoms with Crippen LogP contribution in [0.15, 0.2) is 17.9 Å². The third kappa shape index (κ3) is 4.05. The lowest BCUT2D eigenvalue weighted by molar-refractivity contribution is 0.737. The molecule has 3 aromatic rings. The molecule has 0 aliphatic heterocycles. The summed E-state index contributed by atoms with van der Waals surface area (Å²) in [5.74, 6) is 0.862. The van der Waals surface area contributed by atoms with Crippen molar-refractivity contribution in [2.45, 2.75) is 26.7 Å². The lowest BCUT2D eigenvalue weighted by Crippen LogP contribution is -2.27. The molecule has 7 nitrogen and oxygen atoms in total. The summed E-state index contributed by atoms with van der Waals surface area (Å²) in [6, 6.07) is 0. The van der Waals surface area contributed by atoms with Crippen LogP contribution in [0.3, 0.4) is 0 Å². The highest BCUT2D eigenvalue weighted by molar-refractivity contribution is 7.12. The van der Waals surface area contributed by atoms with E-state index in [4.69, 9.17) is 4.98 Å². The van der Waals surface area contributed by atoms with Crippen LogP contribution in [0.5, 0.6) is 0 Å². The van der Waals surface area contributed by atoms with Crippen molar-refractivity contribution in [2.24, 2.45) is 0 Å². The van der Waals surface area contributed by atoms with E-state index in [0.29, 0.717) is 0 Å². The Balaban J connectivity index is 1.76. The van der Waals surface area contributed by atoms with Crippen molar-refractivity contribution in [1.29, 1.82) is 0 Å². The van der Waals surface area contributed by atoms with Gasteiger partial charge in [-0.05, 0) is 13.3 Å². The quantitative estimate of drug-likeness (QED) is 0.650. The molecule has 0 fully saturated rings. The Hall–Kier alpha value is -2.00. The third-order valence-corrected chi connectivity index (χ3v) is 4.79. The molecule has 3 aromatic heterocycles.